The maximum Gasteiger partial charge on any atom is 0.323 e. The van der Waals surface area contributed by atoms with E-state index in [4.69, 9.17) is 5.11 Å². The van der Waals surface area contributed by atoms with Crippen LogP contribution in [0.1, 0.15) is 46.5 Å². The molecule has 1 rings (SSSR count). The summed E-state index contributed by atoms with van der Waals surface area (Å²) in [5.74, 6) is -0.974. The quantitative estimate of drug-likeness (QED) is 0.841. The van der Waals surface area contributed by atoms with E-state index in [0.29, 0.717) is 0 Å². The second-order valence-corrected chi connectivity index (χ2v) is 5.98. The first-order chi connectivity index (χ1) is 8.23. The van der Waals surface area contributed by atoms with Crippen molar-refractivity contribution in [2.24, 2.45) is 0 Å². The van der Waals surface area contributed by atoms with E-state index in [1.165, 1.54) is 4.90 Å². The molecule has 1 fully saturated rings. The van der Waals surface area contributed by atoms with Crippen LogP contribution in [-0.2, 0) is 4.79 Å². The first-order valence-corrected chi connectivity index (χ1v) is 6.49. The number of hydrogen-bond donors (Lipinski definition) is 1. The van der Waals surface area contributed by atoms with Crippen LogP contribution in [0.3, 0.4) is 0 Å². The van der Waals surface area contributed by atoms with Crippen molar-refractivity contribution < 1.29 is 14.7 Å². The van der Waals surface area contributed by atoms with Gasteiger partial charge in [-0.25, -0.2) is 4.79 Å². The van der Waals surface area contributed by atoms with Crippen LogP contribution in [0.15, 0.2) is 0 Å². The maximum absolute atomic E-state index is 12.4. The zero-order valence-electron chi connectivity index (χ0n) is 11.8. The van der Waals surface area contributed by atoms with Crippen LogP contribution in [0, 0.1) is 0 Å². The smallest absolute Gasteiger partial charge is 0.323 e. The van der Waals surface area contributed by atoms with Gasteiger partial charge in [-0.05, 0) is 33.6 Å². The van der Waals surface area contributed by atoms with E-state index < -0.39 is 11.5 Å². The first kappa shape index (κ1) is 14.8. The SMILES string of the molecule is CN(C(=O)N(CC(=O)O)C(C)(C)C)C1CCCC1. The van der Waals surface area contributed by atoms with Gasteiger partial charge >= 0.3 is 12.0 Å². The number of rotatable bonds is 3. The number of urea groups is 1. The molecule has 0 atom stereocenters. The van der Waals surface area contributed by atoms with Gasteiger partial charge in [0.1, 0.15) is 6.54 Å². The summed E-state index contributed by atoms with van der Waals surface area (Å²) in [5.41, 5.74) is -0.484. The summed E-state index contributed by atoms with van der Waals surface area (Å²) in [7, 11) is 1.78. The van der Waals surface area contributed by atoms with Crippen LogP contribution >= 0.6 is 0 Å². The molecule has 0 aromatic heterocycles. The van der Waals surface area contributed by atoms with Gasteiger partial charge in [-0.1, -0.05) is 12.8 Å². The molecule has 0 aliphatic heterocycles. The highest BCUT2D eigenvalue weighted by Crippen LogP contribution is 2.25. The lowest BCUT2D eigenvalue weighted by molar-refractivity contribution is -0.138. The van der Waals surface area contributed by atoms with Gasteiger partial charge in [-0.2, -0.15) is 0 Å². The van der Waals surface area contributed by atoms with Crippen molar-refractivity contribution >= 4 is 12.0 Å². The fourth-order valence-corrected chi connectivity index (χ4v) is 2.37. The van der Waals surface area contributed by atoms with Crippen LogP contribution in [0.2, 0.25) is 0 Å². The van der Waals surface area contributed by atoms with Gasteiger partial charge in [0, 0.05) is 18.6 Å². The maximum atomic E-state index is 12.4. The molecule has 0 bridgehead atoms. The molecule has 1 saturated carbocycles. The number of nitrogens with zero attached hydrogens (tertiary/aromatic N) is 2. The van der Waals surface area contributed by atoms with Crippen molar-refractivity contribution in [3.8, 4) is 0 Å². The lowest BCUT2D eigenvalue weighted by Crippen LogP contribution is -2.54. The Balaban J connectivity index is 2.77. The molecule has 0 heterocycles. The summed E-state index contributed by atoms with van der Waals surface area (Å²) in [5, 5.41) is 8.93. The van der Waals surface area contributed by atoms with E-state index >= 15 is 0 Å². The van der Waals surface area contributed by atoms with Gasteiger partial charge in [0.05, 0.1) is 0 Å². The van der Waals surface area contributed by atoms with Gasteiger partial charge in [-0.3, -0.25) is 4.79 Å². The third-order valence-corrected chi connectivity index (χ3v) is 3.51. The largest absolute Gasteiger partial charge is 0.480 e. The molecule has 2 amide bonds. The van der Waals surface area contributed by atoms with E-state index in [2.05, 4.69) is 0 Å². The molecule has 1 aliphatic rings. The van der Waals surface area contributed by atoms with Crippen LogP contribution in [0.4, 0.5) is 4.79 Å². The Hall–Kier alpha value is -1.26. The molecule has 104 valence electrons. The van der Waals surface area contributed by atoms with Gasteiger partial charge in [0.25, 0.3) is 0 Å². The average Bonchev–Trinajstić information content (AvgIpc) is 2.75. The minimum absolute atomic E-state index is 0.184. The molecule has 0 unspecified atom stereocenters. The lowest BCUT2D eigenvalue weighted by atomic mass is 10.1. The van der Waals surface area contributed by atoms with Crippen molar-refractivity contribution in [1.29, 1.82) is 0 Å². The van der Waals surface area contributed by atoms with Gasteiger partial charge in [0.15, 0.2) is 0 Å². The first-order valence-electron chi connectivity index (χ1n) is 6.49. The van der Waals surface area contributed by atoms with E-state index in [1.54, 1.807) is 11.9 Å². The average molecular weight is 256 g/mol. The van der Waals surface area contributed by atoms with Crippen molar-refractivity contribution in [2.75, 3.05) is 13.6 Å². The molecule has 0 saturated heterocycles. The van der Waals surface area contributed by atoms with Crippen molar-refractivity contribution in [2.45, 2.75) is 58.0 Å². The highest BCUT2D eigenvalue weighted by molar-refractivity contribution is 5.81. The topological polar surface area (TPSA) is 60.9 Å². The number of hydrogen-bond acceptors (Lipinski definition) is 2. The Morgan fingerprint density at radius 3 is 2.11 bits per heavy atom. The molecular formula is C13H24N2O3. The molecule has 0 spiro atoms. The molecule has 0 aromatic rings. The summed E-state index contributed by atoms with van der Waals surface area (Å²) < 4.78 is 0. The third-order valence-electron chi connectivity index (χ3n) is 3.51. The molecule has 0 radical (unpaired) electrons. The Bertz CT molecular complexity index is 317. The zero-order valence-corrected chi connectivity index (χ0v) is 11.8. The predicted octanol–water partition coefficient (Wildman–Crippen LogP) is 2.17. The number of carbonyl (C=O) groups is 2. The van der Waals surface area contributed by atoms with Gasteiger partial charge < -0.3 is 14.9 Å². The molecule has 18 heavy (non-hydrogen) atoms. The summed E-state index contributed by atoms with van der Waals surface area (Å²) in [6.07, 6.45) is 4.34. The van der Waals surface area contributed by atoms with Crippen LogP contribution in [0.25, 0.3) is 0 Å². The molecule has 5 nitrogen and oxygen atoms in total. The predicted molar refractivity (Wildman–Crippen MR) is 69.5 cm³/mol. The van der Waals surface area contributed by atoms with Gasteiger partial charge in [0.2, 0.25) is 0 Å². The highest BCUT2D eigenvalue weighted by Gasteiger charge is 2.33. The van der Waals surface area contributed by atoms with E-state index in [1.807, 2.05) is 20.8 Å². The summed E-state index contributed by atoms with van der Waals surface area (Å²) in [4.78, 5) is 26.4. The lowest BCUT2D eigenvalue weighted by Gasteiger charge is -2.39. The van der Waals surface area contributed by atoms with Gasteiger partial charge in [-0.15, -0.1) is 0 Å². The molecular weight excluding hydrogens is 232 g/mol. The van der Waals surface area contributed by atoms with Crippen LogP contribution in [-0.4, -0.2) is 52.1 Å². The Labute approximate surface area is 109 Å². The summed E-state index contributed by atoms with van der Waals surface area (Å²) in [6, 6.07) is 0.0768. The number of carboxylic acid groups (broad SMARTS) is 1. The second-order valence-electron chi connectivity index (χ2n) is 5.98. The molecule has 1 N–H and O–H groups in total. The summed E-state index contributed by atoms with van der Waals surface area (Å²) in [6.45, 7) is 5.32. The Morgan fingerprint density at radius 2 is 1.72 bits per heavy atom. The number of amides is 2. The van der Waals surface area contributed by atoms with Crippen molar-refractivity contribution in [3.05, 3.63) is 0 Å². The zero-order chi connectivity index (χ0) is 13.9. The van der Waals surface area contributed by atoms with E-state index in [9.17, 15) is 9.59 Å². The molecule has 1 aliphatic carbocycles. The Morgan fingerprint density at radius 1 is 1.22 bits per heavy atom. The normalized spacial score (nSPS) is 16.7. The monoisotopic (exact) mass is 256 g/mol. The second kappa shape index (κ2) is 5.59. The number of aliphatic carboxylic acids is 1. The minimum atomic E-state index is -0.974. The van der Waals surface area contributed by atoms with Crippen LogP contribution in [0.5, 0.6) is 0 Å². The fourth-order valence-electron chi connectivity index (χ4n) is 2.37. The van der Waals surface area contributed by atoms with Crippen LogP contribution < -0.4 is 0 Å². The standard InChI is InChI=1S/C13H24N2O3/c1-13(2,3)15(9-11(16)17)12(18)14(4)10-7-5-6-8-10/h10H,5-9H2,1-4H3,(H,16,17). The van der Waals surface area contributed by atoms with E-state index in [-0.39, 0.29) is 18.6 Å². The summed E-state index contributed by atoms with van der Waals surface area (Å²) >= 11 is 0. The fraction of sp³-hybridized carbons (Fsp3) is 0.846. The minimum Gasteiger partial charge on any atom is -0.480 e. The number of carboxylic acids is 1. The highest BCUT2D eigenvalue weighted by atomic mass is 16.4. The third kappa shape index (κ3) is 3.62. The van der Waals surface area contributed by atoms with E-state index in [0.717, 1.165) is 25.7 Å². The Kier molecular flexibility index (Phi) is 4.59. The molecule has 5 heteroatoms. The molecule has 0 aromatic carbocycles. The van der Waals surface area contributed by atoms with Crippen molar-refractivity contribution in [3.63, 3.8) is 0 Å². The van der Waals surface area contributed by atoms with Crippen molar-refractivity contribution in [1.82, 2.24) is 9.80 Å². The number of carbonyl (C=O) groups excluding carboxylic acids is 1.